The average molecular weight is 553 g/mol. The van der Waals surface area contributed by atoms with Crippen LogP contribution in [0.4, 0.5) is 0 Å². The van der Waals surface area contributed by atoms with Crippen LogP contribution in [0.1, 0.15) is 42.9 Å². The van der Waals surface area contributed by atoms with Gasteiger partial charge in [-0.25, -0.2) is 14.4 Å². The molecule has 1 fully saturated rings. The van der Waals surface area contributed by atoms with Gasteiger partial charge in [-0.3, -0.25) is 0 Å². The van der Waals surface area contributed by atoms with Gasteiger partial charge in [0.2, 0.25) is 0 Å². The van der Waals surface area contributed by atoms with E-state index in [1.54, 1.807) is 91.0 Å². The van der Waals surface area contributed by atoms with Gasteiger partial charge in [0, 0.05) is 5.56 Å². The van der Waals surface area contributed by atoms with Crippen molar-refractivity contribution in [1.82, 2.24) is 0 Å². The van der Waals surface area contributed by atoms with Crippen molar-refractivity contribution in [2.45, 2.75) is 24.6 Å². The third-order valence-electron chi connectivity index (χ3n) is 6.42. The van der Waals surface area contributed by atoms with Crippen LogP contribution in [0.15, 0.2) is 121 Å². The zero-order valence-electron chi connectivity index (χ0n) is 22.0. The zero-order valence-corrected chi connectivity index (χ0v) is 22.0. The minimum Gasteiger partial charge on any atom is -0.458 e. The Morgan fingerprint density at radius 3 is 1.71 bits per heavy atom. The first kappa shape index (κ1) is 27.8. The van der Waals surface area contributed by atoms with Gasteiger partial charge in [-0.05, 0) is 36.4 Å². The van der Waals surface area contributed by atoms with Crippen molar-refractivity contribution < 1.29 is 38.1 Å². The molecular formula is C33H28O8. The predicted molar refractivity (Wildman–Crippen MR) is 148 cm³/mol. The van der Waals surface area contributed by atoms with Gasteiger partial charge in [0.25, 0.3) is 0 Å². The Hall–Kier alpha value is -4.79. The fraction of sp³-hybridized carbons (Fsp3) is 0.182. The molecule has 0 aliphatic carbocycles. The van der Waals surface area contributed by atoms with Crippen LogP contribution in [0, 0.1) is 0 Å². The van der Waals surface area contributed by atoms with Crippen LogP contribution in [-0.2, 0) is 23.7 Å². The van der Waals surface area contributed by atoms with Gasteiger partial charge in [-0.15, -0.1) is 0 Å². The lowest BCUT2D eigenvalue weighted by Crippen LogP contribution is -2.52. The van der Waals surface area contributed by atoms with Gasteiger partial charge >= 0.3 is 17.9 Å². The molecule has 1 aliphatic heterocycles. The molecule has 0 aromatic heterocycles. The molecule has 0 unspecified atom stereocenters. The molecule has 1 saturated heterocycles. The molecule has 0 saturated carbocycles. The molecule has 1 aliphatic rings. The van der Waals surface area contributed by atoms with Crippen LogP contribution >= 0.6 is 0 Å². The first-order chi connectivity index (χ1) is 20.1. The summed E-state index contributed by atoms with van der Waals surface area (Å²) in [4.78, 5) is 39.0. The molecule has 0 bridgehead atoms. The second kappa shape index (κ2) is 13.5. The maximum absolute atomic E-state index is 13.2. The second-order valence-electron chi connectivity index (χ2n) is 9.26. The van der Waals surface area contributed by atoms with Gasteiger partial charge in [-0.2, -0.15) is 0 Å². The molecular weight excluding hydrogens is 524 g/mol. The highest BCUT2D eigenvalue weighted by Gasteiger charge is 2.43. The standard InChI is InChI=1S/C33H28O8/c34-30(23-13-5-1-6-14-23)37-21-27(39-31(35)24-15-7-2-8-16-24)29-28(40-32(36)25-17-9-3-10-18-25)22-38-33(41-29)26-19-11-4-12-20-26/h1-20,27-29,33H,21-22H2/t27-,28+,29+,33-/m1/s1. The maximum Gasteiger partial charge on any atom is 0.338 e. The molecule has 4 atom stereocenters. The quantitative estimate of drug-likeness (QED) is 0.201. The van der Waals surface area contributed by atoms with E-state index in [1.807, 2.05) is 30.3 Å². The van der Waals surface area contributed by atoms with Crippen LogP contribution in [0.25, 0.3) is 0 Å². The number of carbonyl (C=O) groups excluding carboxylic acids is 3. The van der Waals surface area contributed by atoms with Crippen molar-refractivity contribution in [3.05, 3.63) is 144 Å². The Kier molecular flexibility index (Phi) is 9.15. The summed E-state index contributed by atoms with van der Waals surface area (Å²) in [6.07, 6.45) is -3.99. The first-order valence-corrected chi connectivity index (χ1v) is 13.1. The van der Waals surface area contributed by atoms with Crippen LogP contribution in [0.5, 0.6) is 0 Å². The average Bonchev–Trinajstić information content (AvgIpc) is 3.04. The van der Waals surface area contributed by atoms with E-state index in [4.69, 9.17) is 23.7 Å². The molecule has 0 spiro atoms. The third kappa shape index (κ3) is 7.25. The van der Waals surface area contributed by atoms with Crippen molar-refractivity contribution in [1.29, 1.82) is 0 Å². The lowest BCUT2D eigenvalue weighted by atomic mass is 10.1. The SMILES string of the molecule is O=C(OC[C@@H](OC(=O)c1ccccc1)[C@@H]1O[C@H](c2ccccc2)OC[C@@H]1OC(=O)c1ccccc1)c1ccccc1. The van der Waals surface area contributed by atoms with E-state index in [-0.39, 0.29) is 13.2 Å². The first-order valence-electron chi connectivity index (χ1n) is 13.1. The normalized spacial score (nSPS) is 19.0. The predicted octanol–water partition coefficient (Wildman–Crippen LogP) is 5.41. The van der Waals surface area contributed by atoms with Gasteiger partial charge in [0.1, 0.15) is 12.7 Å². The number of rotatable bonds is 9. The number of hydrogen-bond acceptors (Lipinski definition) is 8. The van der Waals surface area contributed by atoms with Crippen molar-refractivity contribution >= 4 is 17.9 Å². The summed E-state index contributed by atoms with van der Waals surface area (Å²) in [6, 6.07) is 34.6. The highest BCUT2D eigenvalue weighted by molar-refractivity contribution is 5.90. The molecule has 1 heterocycles. The Morgan fingerprint density at radius 2 is 1.15 bits per heavy atom. The highest BCUT2D eigenvalue weighted by Crippen LogP contribution is 2.31. The molecule has 208 valence electrons. The summed E-state index contributed by atoms with van der Waals surface area (Å²) in [5.74, 6) is -1.85. The molecule has 8 heteroatoms. The van der Waals surface area contributed by atoms with E-state index in [0.29, 0.717) is 16.7 Å². The monoisotopic (exact) mass is 552 g/mol. The van der Waals surface area contributed by atoms with Gasteiger partial charge in [-0.1, -0.05) is 84.9 Å². The number of benzene rings is 4. The Balaban J connectivity index is 1.43. The van der Waals surface area contributed by atoms with Crippen molar-refractivity contribution in [3.8, 4) is 0 Å². The molecule has 0 radical (unpaired) electrons. The fourth-order valence-corrected chi connectivity index (χ4v) is 4.33. The third-order valence-corrected chi connectivity index (χ3v) is 6.42. The largest absolute Gasteiger partial charge is 0.458 e. The van der Waals surface area contributed by atoms with Crippen molar-refractivity contribution in [2.24, 2.45) is 0 Å². The van der Waals surface area contributed by atoms with E-state index >= 15 is 0 Å². The smallest absolute Gasteiger partial charge is 0.338 e. The van der Waals surface area contributed by atoms with Crippen LogP contribution in [0.2, 0.25) is 0 Å². The van der Waals surface area contributed by atoms with Gasteiger partial charge in [0.05, 0.1) is 23.3 Å². The van der Waals surface area contributed by atoms with E-state index in [0.717, 1.165) is 5.56 Å². The maximum atomic E-state index is 13.2. The fourth-order valence-electron chi connectivity index (χ4n) is 4.33. The number of ether oxygens (including phenoxy) is 5. The molecule has 4 aromatic rings. The van der Waals surface area contributed by atoms with Crippen LogP contribution < -0.4 is 0 Å². The summed E-state index contributed by atoms with van der Waals surface area (Å²) in [5.41, 5.74) is 1.70. The van der Waals surface area contributed by atoms with Crippen LogP contribution in [0.3, 0.4) is 0 Å². The number of hydrogen-bond donors (Lipinski definition) is 0. The minimum absolute atomic E-state index is 0.0468. The number of carbonyl (C=O) groups is 3. The molecule has 0 amide bonds. The van der Waals surface area contributed by atoms with Crippen molar-refractivity contribution in [2.75, 3.05) is 13.2 Å². The topological polar surface area (TPSA) is 97.4 Å². The summed E-state index contributed by atoms with van der Waals surface area (Å²) < 4.78 is 29.5. The lowest BCUT2D eigenvalue weighted by Gasteiger charge is -2.39. The molecule has 4 aromatic carbocycles. The molecule has 5 rings (SSSR count). The van der Waals surface area contributed by atoms with Gasteiger partial charge in [0.15, 0.2) is 18.5 Å². The summed E-state index contributed by atoms with van der Waals surface area (Å²) in [7, 11) is 0. The second-order valence-corrected chi connectivity index (χ2v) is 9.26. The lowest BCUT2D eigenvalue weighted by molar-refractivity contribution is -0.276. The summed E-state index contributed by atoms with van der Waals surface area (Å²) in [5, 5.41) is 0. The van der Waals surface area contributed by atoms with E-state index < -0.39 is 42.5 Å². The van der Waals surface area contributed by atoms with E-state index in [2.05, 4.69) is 0 Å². The summed E-state index contributed by atoms with van der Waals surface area (Å²) in [6.45, 7) is -0.396. The molecule has 0 N–H and O–H groups in total. The Bertz CT molecular complexity index is 1430. The highest BCUT2D eigenvalue weighted by atomic mass is 16.7. The molecule has 41 heavy (non-hydrogen) atoms. The molecule has 8 nitrogen and oxygen atoms in total. The van der Waals surface area contributed by atoms with Gasteiger partial charge < -0.3 is 23.7 Å². The zero-order chi connectivity index (χ0) is 28.4. The Labute approximate surface area is 237 Å². The summed E-state index contributed by atoms with van der Waals surface area (Å²) >= 11 is 0. The minimum atomic E-state index is -1.14. The van der Waals surface area contributed by atoms with Crippen LogP contribution in [-0.4, -0.2) is 49.4 Å². The Morgan fingerprint density at radius 1 is 0.659 bits per heavy atom. The van der Waals surface area contributed by atoms with E-state index in [9.17, 15) is 14.4 Å². The van der Waals surface area contributed by atoms with Crippen molar-refractivity contribution in [3.63, 3.8) is 0 Å². The van der Waals surface area contributed by atoms with E-state index in [1.165, 1.54) is 0 Å². The number of esters is 3.